The molecule has 3 aromatic rings. The third-order valence-corrected chi connectivity index (χ3v) is 4.15. The molecule has 0 saturated heterocycles. The number of rotatable bonds is 6. The Labute approximate surface area is 167 Å². The lowest BCUT2D eigenvalue weighted by Crippen LogP contribution is -2.05. The molecule has 0 radical (unpaired) electrons. The normalized spacial score (nSPS) is 11.8. The fourth-order valence-corrected chi connectivity index (χ4v) is 2.84. The van der Waals surface area contributed by atoms with Crippen LogP contribution in [0.1, 0.15) is 23.0 Å². The Kier molecular flexibility index (Phi) is 5.15. The summed E-state index contributed by atoms with van der Waals surface area (Å²) < 4.78 is 15.7. The van der Waals surface area contributed by atoms with Crippen LogP contribution in [0.15, 0.2) is 48.5 Å². The quantitative estimate of drug-likeness (QED) is 0.604. The second-order valence-corrected chi connectivity index (χ2v) is 6.33. The van der Waals surface area contributed by atoms with E-state index in [0.717, 1.165) is 17.1 Å². The lowest BCUT2D eigenvalue weighted by molar-refractivity contribution is 0.0526. The molecule has 2 N–H and O–H groups in total. The maximum absolute atomic E-state index is 11.8. The molecule has 8 nitrogen and oxygen atoms in total. The molecule has 0 saturated carbocycles. The summed E-state index contributed by atoms with van der Waals surface area (Å²) in [6.45, 7) is 4.24. The molecule has 1 aliphatic rings. The van der Waals surface area contributed by atoms with Crippen LogP contribution in [0.2, 0.25) is 0 Å². The average molecular weight is 392 g/mol. The van der Waals surface area contributed by atoms with E-state index in [0.29, 0.717) is 35.4 Å². The van der Waals surface area contributed by atoms with Crippen LogP contribution in [0.3, 0.4) is 0 Å². The Hall–Kier alpha value is -3.81. The number of carbonyl (C=O) groups is 1. The smallest absolute Gasteiger partial charge is 0.338 e. The van der Waals surface area contributed by atoms with Gasteiger partial charge in [-0.15, -0.1) is 0 Å². The van der Waals surface area contributed by atoms with Gasteiger partial charge in [-0.3, -0.25) is 0 Å². The molecule has 0 atom stereocenters. The van der Waals surface area contributed by atoms with Crippen LogP contribution in [-0.2, 0) is 4.74 Å². The number of nitrogens with zero attached hydrogens (tertiary/aromatic N) is 2. The van der Waals surface area contributed by atoms with E-state index >= 15 is 0 Å². The van der Waals surface area contributed by atoms with Crippen molar-refractivity contribution < 1.29 is 19.0 Å². The highest BCUT2D eigenvalue weighted by Crippen LogP contribution is 2.34. The summed E-state index contributed by atoms with van der Waals surface area (Å²) in [5.74, 6) is 2.14. The molecule has 2 heterocycles. The Bertz CT molecular complexity index is 1040. The first-order valence-corrected chi connectivity index (χ1v) is 9.17. The second-order valence-electron chi connectivity index (χ2n) is 6.33. The molecule has 8 heteroatoms. The summed E-state index contributed by atoms with van der Waals surface area (Å²) in [6, 6.07) is 14.4. The van der Waals surface area contributed by atoms with Crippen LogP contribution in [0, 0.1) is 6.92 Å². The number of esters is 1. The highest BCUT2D eigenvalue weighted by atomic mass is 16.7. The first kappa shape index (κ1) is 18.5. The van der Waals surface area contributed by atoms with E-state index in [-0.39, 0.29) is 12.8 Å². The van der Waals surface area contributed by atoms with Crippen LogP contribution in [0.4, 0.5) is 23.1 Å². The largest absolute Gasteiger partial charge is 0.462 e. The van der Waals surface area contributed by atoms with Crippen molar-refractivity contribution in [3.8, 4) is 11.5 Å². The number of benzene rings is 2. The number of ether oxygens (including phenoxy) is 3. The Morgan fingerprint density at radius 1 is 1.00 bits per heavy atom. The van der Waals surface area contributed by atoms with Crippen molar-refractivity contribution in [2.45, 2.75) is 13.8 Å². The van der Waals surface area contributed by atoms with E-state index in [1.165, 1.54) is 0 Å². The van der Waals surface area contributed by atoms with Gasteiger partial charge in [0.05, 0.1) is 12.2 Å². The fourth-order valence-electron chi connectivity index (χ4n) is 2.84. The van der Waals surface area contributed by atoms with Gasteiger partial charge in [0.2, 0.25) is 12.7 Å². The van der Waals surface area contributed by atoms with E-state index in [2.05, 4.69) is 20.6 Å². The maximum Gasteiger partial charge on any atom is 0.338 e. The Morgan fingerprint density at radius 3 is 2.55 bits per heavy atom. The van der Waals surface area contributed by atoms with Crippen molar-refractivity contribution in [2.75, 3.05) is 24.0 Å². The average Bonchev–Trinajstić information content (AvgIpc) is 3.16. The van der Waals surface area contributed by atoms with Gasteiger partial charge in [-0.25, -0.2) is 9.78 Å². The number of aryl methyl sites for hydroxylation is 1. The number of hydrogen-bond acceptors (Lipinski definition) is 8. The van der Waals surface area contributed by atoms with Crippen LogP contribution in [0.5, 0.6) is 11.5 Å². The maximum atomic E-state index is 11.8. The third kappa shape index (κ3) is 4.37. The summed E-state index contributed by atoms with van der Waals surface area (Å²) in [6.07, 6.45) is 0. The number of fused-ring (bicyclic) bond motifs is 1. The summed E-state index contributed by atoms with van der Waals surface area (Å²) in [4.78, 5) is 20.7. The van der Waals surface area contributed by atoms with Crippen LogP contribution < -0.4 is 20.1 Å². The van der Waals surface area contributed by atoms with Gasteiger partial charge in [-0.2, -0.15) is 4.98 Å². The molecular weight excluding hydrogens is 372 g/mol. The van der Waals surface area contributed by atoms with Crippen molar-refractivity contribution in [3.05, 3.63) is 59.8 Å². The number of hydrogen-bond donors (Lipinski definition) is 2. The molecule has 4 rings (SSSR count). The van der Waals surface area contributed by atoms with Gasteiger partial charge in [0, 0.05) is 29.2 Å². The predicted octanol–water partition coefficient (Wildman–Crippen LogP) is 4.18. The van der Waals surface area contributed by atoms with Crippen molar-refractivity contribution >= 4 is 29.1 Å². The summed E-state index contributed by atoms with van der Waals surface area (Å²) in [5.41, 5.74) is 2.89. The third-order valence-electron chi connectivity index (χ3n) is 4.15. The van der Waals surface area contributed by atoms with Gasteiger partial charge in [0.25, 0.3) is 0 Å². The molecule has 148 valence electrons. The van der Waals surface area contributed by atoms with Gasteiger partial charge < -0.3 is 24.8 Å². The number of nitrogens with one attached hydrogen (secondary N) is 2. The number of anilines is 4. The minimum atomic E-state index is -0.341. The van der Waals surface area contributed by atoms with Gasteiger partial charge in [-0.1, -0.05) is 0 Å². The zero-order valence-corrected chi connectivity index (χ0v) is 16.1. The summed E-state index contributed by atoms with van der Waals surface area (Å²) in [5, 5.41) is 6.40. The minimum absolute atomic E-state index is 0.225. The molecule has 0 fully saturated rings. The van der Waals surface area contributed by atoms with Crippen LogP contribution in [-0.4, -0.2) is 29.3 Å². The van der Waals surface area contributed by atoms with E-state index in [9.17, 15) is 4.79 Å². The molecule has 1 aliphatic heterocycles. The predicted molar refractivity (Wildman–Crippen MR) is 108 cm³/mol. The Balaban J connectivity index is 1.49. The molecule has 0 unspecified atom stereocenters. The standard InChI is InChI=1S/C21H20N4O4/c1-3-27-20(26)14-4-6-15(7-5-14)23-19-10-13(2)22-21(25-19)24-16-8-9-17-18(11-16)29-12-28-17/h4-11H,3,12H2,1-2H3,(H2,22,23,24,25). The topological polar surface area (TPSA) is 94.6 Å². The minimum Gasteiger partial charge on any atom is -0.462 e. The van der Waals surface area contributed by atoms with Crippen LogP contribution >= 0.6 is 0 Å². The lowest BCUT2D eigenvalue weighted by atomic mass is 10.2. The van der Waals surface area contributed by atoms with E-state index < -0.39 is 0 Å². The van der Waals surface area contributed by atoms with Gasteiger partial charge >= 0.3 is 5.97 Å². The van der Waals surface area contributed by atoms with E-state index in [1.807, 2.05) is 31.2 Å². The molecule has 29 heavy (non-hydrogen) atoms. The molecule has 1 aromatic heterocycles. The SMILES string of the molecule is CCOC(=O)c1ccc(Nc2cc(C)nc(Nc3ccc4c(c3)OCO4)n2)cc1. The molecule has 2 aromatic carbocycles. The zero-order chi connectivity index (χ0) is 20.2. The van der Waals surface area contributed by atoms with E-state index in [4.69, 9.17) is 14.2 Å². The van der Waals surface area contributed by atoms with Crippen molar-refractivity contribution in [1.82, 2.24) is 9.97 Å². The van der Waals surface area contributed by atoms with Crippen molar-refractivity contribution in [2.24, 2.45) is 0 Å². The summed E-state index contributed by atoms with van der Waals surface area (Å²) >= 11 is 0. The number of aromatic nitrogens is 2. The molecule has 0 amide bonds. The first-order chi connectivity index (χ1) is 14.1. The number of carbonyl (C=O) groups excluding carboxylic acids is 1. The molecule has 0 bridgehead atoms. The highest BCUT2D eigenvalue weighted by Gasteiger charge is 2.14. The first-order valence-electron chi connectivity index (χ1n) is 9.17. The molecule has 0 aliphatic carbocycles. The fraction of sp³-hybridized carbons (Fsp3) is 0.190. The van der Waals surface area contributed by atoms with Gasteiger partial charge in [-0.05, 0) is 50.2 Å². The summed E-state index contributed by atoms with van der Waals surface area (Å²) in [7, 11) is 0. The van der Waals surface area contributed by atoms with Gasteiger partial charge in [0.15, 0.2) is 11.5 Å². The second kappa shape index (κ2) is 8.05. The molecule has 0 spiro atoms. The zero-order valence-electron chi connectivity index (χ0n) is 16.1. The van der Waals surface area contributed by atoms with E-state index in [1.54, 1.807) is 31.2 Å². The monoisotopic (exact) mass is 392 g/mol. The molecular formula is C21H20N4O4. The van der Waals surface area contributed by atoms with Crippen molar-refractivity contribution in [1.29, 1.82) is 0 Å². The lowest BCUT2D eigenvalue weighted by Gasteiger charge is -2.11. The van der Waals surface area contributed by atoms with Crippen LogP contribution in [0.25, 0.3) is 0 Å². The van der Waals surface area contributed by atoms with Crippen molar-refractivity contribution in [3.63, 3.8) is 0 Å². The van der Waals surface area contributed by atoms with Gasteiger partial charge in [0.1, 0.15) is 5.82 Å². The highest BCUT2D eigenvalue weighted by molar-refractivity contribution is 5.89. The Morgan fingerprint density at radius 2 is 1.76 bits per heavy atom.